The number of hydrogen-bond acceptors (Lipinski definition) is 4. The van der Waals surface area contributed by atoms with Crippen LogP contribution in [-0.2, 0) is 13.0 Å². The lowest BCUT2D eigenvalue weighted by Crippen LogP contribution is -2.58. The minimum absolute atomic E-state index is 0.00863. The van der Waals surface area contributed by atoms with Gasteiger partial charge in [0, 0.05) is 13.0 Å². The lowest BCUT2D eigenvalue weighted by atomic mass is 10.1. The molecule has 0 unspecified atom stereocenters. The fourth-order valence-electron chi connectivity index (χ4n) is 3.45. The number of hydrogen-bond donors (Lipinski definition) is 1. The first-order valence-corrected chi connectivity index (χ1v) is 9.23. The summed E-state index contributed by atoms with van der Waals surface area (Å²) in [6.07, 6.45) is 1.14. The largest absolute Gasteiger partial charge is 0.493 e. The molecular formula is C21H24N2O4. The van der Waals surface area contributed by atoms with Crippen LogP contribution in [0.4, 0.5) is 4.79 Å². The number of nitrogens with zero attached hydrogens (tertiary/aromatic N) is 1. The lowest BCUT2D eigenvalue weighted by molar-refractivity contribution is 0.0426. The molecule has 4 rings (SSSR count). The summed E-state index contributed by atoms with van der Waals surface area (Å²) in [6.45, 7) is 3.71. The van der Waals surface area contributed by atoms with Gasteiger partial charge in [0.25, 0.3) is 0 Å². The number of fused-ring (bicyclic) bond motifs is 1. The maximum atomic E-state index is 12.3. The predicted molar refractivity (Wildman–Crippen MR) is 101 cm³/mol. The van der Waals surface area contributed by atoms with Gasteiger partial charge in [0.1, 0.15) is 18.0 Å². The average Bonchev–Trinajstić information content (AvgIpc) is 3.01. The number of likely N-dealkylation sites (tertiary alicyclic amines) is 1. The molecule has 0 aliphatic carbocycles. The Morgan fingerprint density at radius 1 is 1.22 bits per heavy atom. The van der Waals surface area contributed by atoms with Crippen LogP contribution in [0.2, 0.25) is 0 Å². The van der Waals surface area contributed by atoms with Gasteiger partial charge in [-0.2, -0.15) is 0 Å². The topological polar surface area (TPSA) is 60.0 Å². The molecule has 2 aliphatic heterocycles. The van der Waals surface area contributed by atoms with Gasteiger partial charge >= 0.3 is 6.03 Å². The van der Waals surface area contributed by atoms with E-state index >= 15 is 0 Å². The molecule has 6 nitrogen and oxygen atoms in total. The monoisotopic (exact) mass is 368 g/mol. The van der Waals surface area contributed by atoms with Crippen LogP contribution in [0.25, 0.3) is 0 Å². The van der Waals surface area contributed by atoms with Crippen LogP contribution in [0.5, 0.6) is 17.2 Å². The summed E-state index contributed by atoms with van der Waals surface area (Å²) in [7, 11) is 1.62. The van der Waals surface area contributed by atoms with Gasteiger partial charge in [0.05, 0.1) is 20.2 Å². The minimum Gasteiger partial charge on any atom is -0.493 e. The molecule has 142 valence electrons. The van der Waals surface area contributed by atoms with Crippen molar-refractivity contribution in [2.24, 2.45) is 0 Å². The molecule has 2 aromatic carbocycles. The highest BCUT2D eigenvalue weighted by Crippen LogP contribution is 2.30. The first kappa shape index (κ1) is 17.5. The summed E-state index contributed by atoms with van der Waals surface area (Å²) in [5.74, 6) is 2.37. The van der Waals surface area contributed by atoms with E-state index in [-0.39, 0.29) is 18.2 Å². The Labute approximate surface area is 159 Å². The summed E-state index contributed by atoms with van der Waals surface area (Å²) in [5.41, 5.74) is 2.30. The van der Waals surface area contributed by atoms with Crippen molar-refractivity contribution in [1.29, 1.82) is 0 Å². The number of amides is 2. The van der Waals surface area contributed by atoms with Crippen molar-refractivity contribution >= 4 is 6.03 Å². The Morgan fingerprint density at radius 3 is 2.78 bits per heavy atom. The van der Waals surface area contributed by atoms with Gasteiger partial charge < -0.3 is 24.4 Å². The van der Waals surface area contributed by atoms with Gasteiger partial charge in [-0.3, -0.25) is 0 Å². The van der Waals surface area contributed by atoms with Crippen LogP contribution in [0.3, 0.4) is 0 Å². The quantitative estimate of drug-likeness (QED) is 0.881. The molecule has 1 atom stereocenters. The zero-order valence-corrected chi connectivity index (χ0v) is 15.6. The average molecular weight is 368 g/mol. The van der Waals surface area contributed by atoms with Crippen LogP contribution in [0, 0.1) is 0 Å². The van der Waals surface area contributed by atoms with Crippen LogP contribution < -0.4 is 19.5 Å². The molecule has 1 N–H and O–H groups in total. The molecule has 1 saturated heterocycles. The molecule has 2 amide bonds. The van der Waals surface area contributed by atoms with E-state index in [1.165, 1.54) is 5.56 Å². The summed E-state index contributed by atoms with van der Waals surface area (Å²) in [4.78, 5) is 14.1. The number of benzene rings is 2. The second kappa shape index (κ2) is 7.39. The molecule has 6 heteroatoms. The third-order valence-corrected chi connectivity index (χ3v) is 4.90. The van der Waals surface area contributed by atoms with Crippen molar-refractivity contribution in [3.8, 4) is 17.2 Å². The standard InChI is InChI=1S/C21H24N2O4/c1-14-9-16-10-15(7-8-18(16)26-14)11-22-21(24)23-12-17(13-23)27-20-6-4-3-5-19(20)25-2/h3-8,10,14,17H,9,11-13H2,1-2H3,(H,22,24)/t14-/m0/s1. The highest BCUT2D eigenvalue weighted by molar-refractivity contribution is 5.75. The lowest BCUT2D eigenvalue weighted by Gasteiger charge is -2.39. The van der Waals surface area contributed by atoms with Crippen LogP contribution in [-0.4, -0.2) is 43.3 Å². The van der Waals surface area contributed by atoms with Gasteiger partial charge in [-0.1, -0.05) is 24.3 Å². The molecule has 0 radical (unpaired) electrons. The van der Waals surface area contributed by atoms with Crippen molar-refractivity contribution in [3.63, 3.8) is 0 Å². The van der Waals surface area contributed by atoms with E-state index in [1.54, 1.807) is 12.0 Å². The molecule has 2 aliphatic rings. The molecule has 1 fully saturated rings. The molecule has 27 heavy (non-hydrogen) atoms. The number of ether oxygens (including phenoxy) is 3. The number of carbonyl (C=O) groups excluding carboxylic acids is 1. The molecule has 0 bridgehead atoms. The molecule has 0 aromatic heterocycles. The Bertz CT molecular complexity index is 833. The fraction of sp³-hybridized carbons (Fsp3) is 0.381. The SMILES string of the molecule is COc1ccccc1OC1CN(C(=O)NCc2ccc3c(c2)C[C@H](C)O3)C1. The first-order valence-electron chi connectivity index (χ1n) is 9.23. The number of nitrogens with one attached hydrogen (secondary N) is 1. The van der Waals surface area contributed by atoms with Gasteiger partial charge in [0.2, 0.25) is 0 Å². The molecular weight excluding hydrogens is 344 g/mol. The van der Waals surface area contributed by atoms with Gasteiger partial charge in [0.15, 0.2) is 11.5 Å². The Kier molecular flexibility index (Phi) is 4.79. The van der Waals surface area contributed by atoms with Crippen molar-refractivity contribution < 1.29 is 19.0 Å². The van der Waals surface area contributed by atoms with E-state index in [1.807, 2.05) is 36.4 Å². The van der Waals surface area contributed by atoms with E-state index in [0.29, 0.717) is 31.1 Å². The number of para-hydroxylation sites is 2. The van der Waals surface area contributed by atoms with Gasteiger partial charge in [-0.15, -0.1) is 0 Å². The fourth-order valence-corrected chi connectivity index (χ4v) is 3.45. The Hall–Kier alpha value is -2.89. The van der Waals surface area contributed by atoms with Crippen LogP contribution >= 0.6 is 0 Å². The summed E-state index contributed by atoms with van der Waals surface area (Å²) >= 11 is 0. The third kappa shape index (κ3) is 3.79. The number of rotatable bonds is 5. The smallest absolute Gasteiger partial charge is 0.317 e. The molecule has 0 saturated carbocycles. The number of methoxy groups -OCH3 is 1. The van der Waals surface area contributed by atoms with Gasteiger partial charge in [-0.25, -0.2) is 4.79 Å². The summed E-state index contributed by atoms with van der Waals surface area (Å²) in [5, 5.41) is 2.98. The third-order valence-electron chi connectivity index (χ3n) is 4.90. The highest BCUT2D eigenvalue weighted by Gasteiger charge is 2.32. The van der Waals surface area contributed by atoms with Crippen LogP contribution in [0.15, 0.2) is 42.5 Å². The Balaban J connectivity index is 1.25. The van der Waals surface area contributed by atoms with E-state index in [2.05, 4.69) is 18.3 Å². The van der Waals surface area contributed by atoms with Gasteiger partial charge in [-0.05, 0) is 36.2 Å². The summed E-state index contributed by atoms with van der Waals surface area (Å²) in [6, 6.07) is 13.6. The maximum absolute atomic E-state index is 12.3. The van der Waals surface area contributed by atoms with Crippen LogP contribution in [0.1, 0.15) is 18.1 Å². The van der Waals surface area contributed by atoms with E-state index < -0.39 is 0 Å². The van der Waals surface area contributed by atoms with Crippen molar-refractivity contribution in [3.05, 3.63) is 53.6 Å². The van der Waals surface area contributed by atoms with E-state index in [9.17, 15) is 4.79 Å². The summed E-state index contributed by atoms with van der Waals surface area (Å²) < 4.78 is 16.9. The Morgan fingerprint density at radius 2 is 2.00 bits per heavy atom. The van der Waals surface area contributed by atoms with E-state index in [0.717, 1.165) is 17.7 Å². The minimum atomic E-state index is -0.0695. The predicted octanol–water partition coefficient (Wildman–Crippen LogP) is 2.99. The first-order chi connectivity index (χ1) is 13.1. The second-order valence-electron chi connectivity index (χ2n) is 7.03. The number of carbonyl (C=O) groups is 1. The van der Waals surface area contributed by atoms with Crippen molar-refractivity contribution in [2.75, 3.05) is 20.2 Å². The molecule has 0 spiro atoms. The number of urea groups is 1. The van der Waals surface area contributed by atoms with E-state index in [4.69, 9.17) is 14.2 Å². The zero-order valence-electron chi connectivity index (χ0n) is 15.6. The highest BCUT2D eigenvalue weighted by atomic mass is 16.5. The van der Waals surface area contributed by atoms with Crippen molar-refractivity contribution in [2.45, 2.75) is 32.1 Å². The normalized spacial score (nSPS) is 18.3. The second-order valence-corrected chi connectivity index (χ2v) is 7.03. The molecule has 2 aromatic rings. The van der Waals surface area contributed by atoms with Crippen molar-refractivity contribution in [1.82, 2.24) is 10.2 Å². The maximum Gasteiger partial charge on any atom is 0.317 e. The zero-order chi connectivity index (χ0) is 18.8. The molecule has 2 heterocycles.